The number of carbonyl (C=O) groups is 2. The van der Waals surface area contributed by atoms with Gasteiger partial charge in [-0.15, -0.1) is 0 Å². The molecular weight excluding hydrogens is 1410 g/mol. The van der Waals surface area contributed by atoms with Crippen LogP contribution >= 0.6 is 58.2 Å². The number of para-hydroxylation sites is 2. The molecule has 4 saturated heterocycles. The van der Waals surface area contributed by atoms with Crippen LogP contribution in [0.25, 0.3) is 0 Å². The van der Waals surface area contributed by atoms with Crippen molar-refractivity contribution in [3.05, 3.63) is 203 Å². The van der Waals surface area contributed by atoms with Gasteiger partial charge in [-0.3, -0.25) is 39.6 Å². The molecule has 534 valence electrons. The summed E-state index contributed by atoms with van der Waals surface area (Å²) in [7, 11) is 0. The molecule has 0 spiro atoms. The van der Waals surface area contributed by atoms with Gasteiger partial charge >= 0.3 is 0 Å². The zero-order chi connectivity index (χ0) is 72.1. The molecule has 0 unspecified atom stereocenters. The Morgan fingerprint density at radius 1 is 0.545 bits per heavy atom. The summed E-state index contributed by atoms with van der Waals surface area (Å²) in [4.78, 5) is 71.4. The Labute approximate surface area is 606 Å². The van der Waals surface area contributed by atoms with E-state index in [9.17, 15) is 49.5 Å². The molecule has 14 rings (SSSR count). The summed E-state index contributed by atoms with van der Waals surface area (Å²) in [5.74, 6) is -0.308. The SMILES string of the molecule is CSc1ncc2c(n1)OCN(c1c(Cl)cccc1Cl)C2=O.Nc1ccc(N2CCC(O)CC2)cc1.O=C1c2cnc(Nc3ccc(N4CCC(O)CC4)cc3)nc2OCN1c1c(Cl)cccc1Cl.O=[N+]([O-])c1ccc(F)cc1.O=[N+]([O-])c1ccc(N2CCC(O)CC2)cc1.OC1CCNCC1. The zero-order valence-corrected chi connectivity index (χ0v) is 58.6. The number of ether oxygens (including phenoxy) is 2. The van der Waals surface area contributed by atoms with Crippen LogP contribution in [0.1, 0.15) is 72.1 Å². The first-order chi connectivity index (χ1) is 48.6. The normalized spacial score (nSPS) is 16.2. The first-order valence-electron chi connectivity index (χ1n) is 32.2. The molecule has 26 nitrogen and oxygen atoms in total. The Balaban J connectivity index is 0.000000151. The Bertz CT molecular complexity index is 4030. The first kappa shape index (κ1) is 76.2. The van der Waals surface area contributed by atoms with Gasteiger partial charge in [-0.1, -0.05) is 70.3 Å². The molecule has 0 bridgehead atoms. The third kappa shape index (κ3) is 21.6. The molecule has 0 saturated carbocycles. The number of non-ortho nitro benzene ring substituents is 2. The quantitative estimate of drug-likeness (QED) is 0.0220. The van der Waals surface area contributed by atoms with E-state index in [0.717, 1.165) is 151 Å². The van der Waals surface area contributed by atoms with Crippen molar-refractivity contribution in [3.63, 3.8) is 0 Å². The van der Waals surface area contributed by atoms with Crippen LogP contribution in [-0.2, 0) is 0 Å². The minimum absolute atomic E-state index is 0.000120. The van der Waals surface area contributed by atoms with Gasteiger partial charge in [0.25, 0.3) is 23.2 Å². The summed E-state index contributed by atoms with van der Waals surface area (Å²) in [6, 6.07) is 36.8. The second-order valence-corrected chi connectivity index (χ2v) is 26.0. The van der Waals surface area contributed by atoms with Crippen molar-refractivity contribution >= 4 is 127 Å². The van der Waals surface area contributed by atoms with Crippen molar-refractivity contribution in [1.29, 1.82) is 0 Å². The van der Waals surface area contributed by atoms with E-state index in [1.807, 2.05) is 54.8 Å². The molecule has 2 amide bonds. The van der Waals surface area contributed by atoms with E-state index in [4.69, 9.17) is 66.7 Å². The maximum Gasteiger partial charge on any atom is 0.269 e. The van der Waals surface area contributed by atoms with Crippen LogP contribution in [0, 0.1) is 26.0 Å². The number of aliphatic hydroxyl groups excluding tert-OH is 4. The first-order valence-corrected chi connectivity index (χ1v) is 35.0. The van der Waals surface area contributed by atoms with E-state index >= 15 is 0 Å². The highest BCUT2D eigenvalue weighted by atomic mass is 35.5. The fourth-order valence-corrected chi connectivity index (χ4v) is 12.5. The standard InChI is InChI=1S/C23H21Cl2N5O3.C13H9Cl2N3O2S.C11H14N2O3.C11H16N2O.C6H4FNO2.C5H11NO/c24-18-2-1-3-19(25)20(18)30-13-33-21-17(22(30)32)12-26-23(28-21)27-14-4-6-15(7-5-14)29-10-8-16(31)9-11-29;1-21-13-16-5-7-11(17-13)20-6-18(12(7)19)10-8(14)3-2-4-9(10)15;14-11-5-7-12(8-6-11)9-1-3-10(4-2-9)13(15)16;12-9-1-3-10(4-2-9)13-7-5-11(14)6-8-13;7-5-1-3-6(4-2-5)8(9)10;7-5-1-3-6-4-2-5/h1-7,12,16,31H,8-11,13H2,(H,26,27,28);2-5H,6H2,1H3;1-4,11,14H,5-8H2;1-4,11,14H,5-8,12H2;1-4H;5-7H,1-4H2. The molecule has 2 aromatic heterocycles. The van der Waals surface area contributed by atoms with Crippen LogP contribution in [0.15, 0.2) is 151 Å². The third-order valence-electron chi connectivity index (χ3n) is 16.6. The van der Waals surface area contributed by atoms with Crippen LogP contribution in [0.4, 0.5) is 61.5 Å². The minimum Gasteiger partial charge on any atom is -0.455 e. The van der Waals surface area contributed by atoms with Gasteiger partial charge in [0.2, 0.25) is 17.7 Å². The van der Waals surface area contributed by atoms with Gasteiger partial charge in [0.1, 0.15) is 16.9 Å². The number of benzene rings is 6. The summed E-state index contributed by atoms with van der Waals surface area (Å²) in [5, 5.41) is 66.1. The second-order valence-electron chi connectivity index (χ2n) is 23.5. The highest BCUT2D eigenvalue weighted by Gasteiger charge is 2.33. The van der Waals surface area contributed by atoms with Crippen LogP contribution in [0.3, 0.4) is 0 Å². The topological polar surface area (TPSA) is 338 Å². The van der Waals surface area contributed by atoms with E-state index in [2.05, 4.69) is 45.3 Å². The molecule has 6 aliphatic rings. The molecule has 0 atom stereocenters. The van der Waals surface area contributed by atoms with Gasteiger partial charge in [0.05, 0.1) is 65.7 Å². The number of nitrogens with two attached hydrogens (primary N) is 1. The Morgan fingerprint density at radius 3 is 1.30 bits per heavy atom. The highest BCUT2D eigenvalue weighted by Crippen LogP contribution is 2.39. The lowest BCUT2D eigenvalue weighted by Crippen LogP contribution is -2.39. The number of anilines is 8. The van der Waals surface area contributed by atoms with E-state index in [1.54, 1.807) is 48.5 Å². The predicted molar refractivity (Wildman–Crippen MR) is 391 cm³/mol. The number of carbonyl (C=O) groups excluding carboxylic acids is 2. The summed E-state index contributed by atoms with van der Waals surface area (Å²) in [5.41, 5.74) is 11.9. The van der Waals surface area contributed by atoms with Crippen molar-refractivity contribution in [3.8, 4) is 11.8 Å². The van der Waals surface area contributed by atoms with Gasteiger partial charge in [0, 0.05) is 104 Å². The van der Waals surface area contributed by atoms with Crippen molar-refractivity contribution in [1.82, 2.24) is 25.3 Å². The average molecular weight is 1490 g/mol. The van der Waals surface area contributed by atoms with Gasteiger partial charge in [-0.2, -0.15) is 9.97 Å². The van der Waals surface area contributed by atoms with Crippen LogP contribution < -0.4 is 50.3 Å². The van der Waals surface area contributed by atoms with Gasteiger partial charge < -0.3 is 61.0 Å². The van der Waals surface area contributed by atoms with E-state index in [0.29, 0.717) is 42.6 Å². The lowest BCUT2D eigenvalue weighted by Gasteiger charge is -2.31. The van der Waals surface area contributed by atoms with Crippen molar-refractivity contribution < 1.29 is 53.7 Å². The Morgan fingerprint density at radius 2 is 0.911 bits per heavy atom. The molecule has 8 aromatic rings. The van der Waals surface area contributed by atoms with Crippen molar-refractivity contribution in [2.45, 2.75) is 80.9 Å². The number of hydrogen-bond donors (Lipinski definition) is 7. The number of nitrogens with one attached hydrogen (secondary N) is 2. The highest BCUT2D eigenvalue weighted by molar-refractivity contribution is 7.98. The third-order valence-corrected chi connectivity index (χ3v) is 18.4. The molecule has 8 heterocycles. The lowest BCUT2D eigenvalue weighted by atomic mass is 10.1. The van der Waals surface area contributed by atoms with E-state index in [1.165, 1.54) is 51.8 Å². The number of nitro benzene ring substituents is 2. The second kappa shape index (κ2) is 37.1. The van der Waals surface area contributed by atoms with E-state index < -0.39 is 15.7 Å². The molecule has 0 aliphatic carbocycles. The predicted octanol–water partition coefficient (Wildman–Crippen LogP) is 12.2. The molecule has 0 radical (unpaired) electrons. The van der Waals surface area contributed by atoms with E-state index in [-0.39, 0.29) is 84.0 Å². The molecule has 4 fully saturated rings. The zero-order valence-electron chi connectivity index (χ0n) is 54.7. The number of aromatic nitrogens is 4. The number of nitrogens with zero attached hydrogens (tertiary/aromatic N) is 11. The number of rotatable bonds is 10. The smallest absolute Gasteiger partial charge is 0.269 e. The fourth-order valence-electron chi connectivity index (χ4n) is 11.0. The number of amides is 2. The molecular formula is C69H75Cl4FN14O12S. The molecule has 6 aromatic carbocycles. The maximum atomic E-state index is 13.0. The molecule has 101 heavy (non-hydrogen) atoms. The van der Waals surface area contributed by atoms with Crippen molar-refractivity contribution in [2.75, 3.05) is 108 Å². The molecule has 32 heteroatoms. The average Bonchev–Trinajstić information content (AvgIpc) is 0.784. The minimum atomic E-state index is -0.570. The number of nitrogen functional groups attached to an aromatic ring is 1. The summed E-state index contributed by atoms with van der Waals surface area (Å²) in [6.07, 6.45) is 10.9. The van der Waals surface area contributed by atoms with Crippen molar-refractivity contribution in [2.24, 2.45) is 0 Å². The van der Waals surface area contributed by atoms with Crippen LogP contribution in [0.5, 0.6) is 11.8 Å². The van der Waals surface area contributed by atoms with Crippen LogP contribution in [-0.4, -0.2) is 159 Å². The van der Waals surface area contributed by atoms with Gasteiger partial charge in [-0.25, -0.2) is 14.4 Å². The fraction of sp³-hybridized carbons (Fsp3) is 0.333. The monoisotopic (exact) mass is 1480 g/mol. The number of halogens is 5. The van der Waals surface area contributed by atoms with Gasteiger partial charge in [-0.05, 0) is 168 Å². The summed E-state index contributed by atoms with van der Waals surface area (Å²) >= 11 is 26.1. The van der Waals surface area contributed by atoms with Gasteiger partial charge in [0.15, 0.2) is 18.6 Å². The van der Waals surface area contributed by atoms with Crippen LogP contribution in [0.2, 0.25) is 20.1 Å². The number of piperidine rings is 4. The number of hydrogen-bond acceptors (Lipinski definition) is 23. The number of thioether (sulfide) groups is 1. The number of nitro groups is 2. The number of fused-ring (bicyclic) bond motifs is 2. The Kier molecular flexibility index (Phi) is 28.0. The lowest BCUT2D eigenvalue weighted by molar-refractivity contribution is -0.385. The summed E-state index contributed by atoms with van der Waals surface area (Å²) in [6.45, 7) is 7.06. The molecule has 8 N–H and O–H groups in total. The number of aliphatic hydroxyl groups is 4. The summed E-state index contributed by atoms with van der Waals surface area (Å²) < 4.78 is 23.4. The Hall–Kier alpha value is -8.94. The molecule has 6 aliphatic heterocycles. The maximum absolute atomic E-state index is 13.0. The largest absolute Gasteiger partial charge is 0.455 e.